The van der Waals surface area contributed by atoms with Gasteiger partial charge in [-0.15, -0.1) is 24.0 Å². The minimum absolute atomic E-state index is 0. The molecule has 1 aromatic rings. The van der Waals surface area contributed by atoms with E-state index in [2.05, 4.69) is 41.3 Å². The van der Waals surface area contributed by atoms with Crippen LogP contribution in [0.5, 0.6) is 0 Å². The lowest BCUT2D eigenvalue weighted by atomic mass is 10.1. The molecule has 0 atom stereocenters. The third-order valence-corrected chi connectivity index (χ3v) is 4.29. The maximum atomic E-state index is 5.96. The van der Waals surface area contributed by atoms with E-state index in [1.165, 1.54) is 31.2 Å². The molecule has 1 aliphatic rings. The Labute approximate surface area is 151 Å². The van der Waals surface area contributed by atoms with Crippen molar-refractivity contribution in [3.63, 3.8) is 0 Å². The quantitative estimate of drug-likeness (QED) is 0.424. The molecule has 0 amide bonds. The molecule has 0 aliphatic heterocycles. The molecule has 0 unspecified atom stereocenters. The number of aliphatic imine (C=N–C) groups is 1. The second-order valence-corrected chi connectivity index (χ2v) is 5.86. The normalized spacial score (nSPS) is 15.9. The third-order valence-electron chi connectivity index (χ3n) is 4.29. The van der Waals surface area contributed by atoms with E-state index >= 15 is 0 Å². The highest BCUT2D eigenvalue weighted by Gasteiger charge is 2.18. The summed E-state index contributed by atoms with van der Waals surface area (Å²) in [7, 11) is 2.19. The molecule has 1 aliphatic carbocycles. The van der Waals surface area contributed by atoms with Gasteiger partial charge in [0.15, 0.2) is 5.96 Å². The van der Waals surface area contributed by atoms with Crippen molar-refractivity contribution in [3.8, 4) is 0 Å². The van der Waals surface area contributed by atoms with Gasteiger partial charge < -0.3 is 16.0 Å². The first-order valence-corrected chi connectivity index (χ1v) is 8.05. The Bertz CT molecular complexity index is 469. The molecule has 2 rings (SSSR count). The van der Waals surface area contributed by atoms with Gasteiger partial charge in [0.25, 0.3) is 0 Å². The maximum Gasteiger partial charge on any atom is 0.193 e. The molecule has 0 saturated heterocycles. The van der Waals surface area contributed by atoms with E-state index in [1.807, 2.05) is 12.1 Å². The summed E-state index contributed by atoms with van der Waals surface area (Å²) in [5.74, 6) is 0.503. The molecule has 1 aromatic carbocycles. The van der Waals surface area contributed by atoms with Gasteiger partial charge in [-0.3, -0.25) is 4.99 Å². The Morgan fingerprint density at radius 2 is 2.09 bits per heavy atom. The molecule has 22 heavy (non-hydrogen) atoms. The minimum Gasteiger partial charge on any atom is -0.370 e. The maximum absolute atomic E-state index is 5.96. The lowest BCUT2D eigenvalue weighted by molar-refractivity contribution is 0.252. The number of rotatable bonds is 6. The number of aryl methyl sites for hydroxylation is 1. The first-order chi connectivity index (χ1) is 10.2. The number of hydrogen-bond acceptors (Lipinski definition) is 2. The summed E-state index contributed by atoms with van der Waals surface area (Å²) in [5, 5.41) is 3.17. The van der Waals surface area contributed by atoms with Gasteiger partial charge in [-0.1, -0.05) is 31.9 Å². The van der Waals surface area contributed by atoms with Gasteiger partial charge in [-0.05, 0) is 44.0 Å². The van der Waals surface area contributed by atoms with Crippen LogP contribution in [0.4, 0.5) is 5.69 Å². The Balaban J connectivity index is 0.00000242. The molecule has 3 N–H and O–H groups in total. The van der Waals surface area contributed by atoms with Gasteiger partial charge in [0, 0.05) is 18.3 Å². The van der Waals surface area contributed by atoms with Gasteiger partial charge >= 0.3 is 0 Å². The van der Waals surface area contributed by atoms with Gasteiger partial charge in [-0.2, -0.15) is 0 Å². The van der Waals surface area contributed by atoms with Crippen LogP contribution in [0.3, 0.4) is 0 Å². The van der Waals surface area contributed by atoms with E-state index < -0.39 is 0 Å². The topological polar surface area (TPSA) is 53.6 Å². The summed E-state index contributed by atoms with van der Waals surface area (Å²) >= 11 is 0. The summed E-state index contributed by atoms with van der Waals surface area (Å²) in [4.78, 5) is 6.85. The molecule has 0 heterocycles. The molecular weight excluding hydrogens is 387 g/mol. The number of nitrogens with zero attached hydrogens (tertiary/aromatic N) is 2. The van der Waals surface area contributed by atoms with Crippen molar-refractivity contribution in [2.75, 3.05) is 25.5 Å². The van der Waals surface area contributed by atoms with E-state index in [0.29, 0.717) is 5.96 Å². The van der Waals surface area contributed by atoms with Crippen LogP contribution in [0.1, 0.15) is 38.2 Å². The van der Waals surface area contributed by atoms with Crippen molar-refractivity contribution in [3.05, 3.63) is 29.8 Å². The summed E-state index contributed by atoms with van der Waals surface area (Å²) < 4.78 is 0. The molecule has 1 fully saturated rings. The average Bonchev–Trinajstić information content (AvgIpc) is 3.01. The molecule has 124 valence electrons. The van der Waals surface area contributed by atoms with Crippen molar-refractivity contribution in [1.82, 2.24) is 4.90 Å². The van der Waals surface area contributed by atoms with Crippen molar-refractivity contribution in [2.45, 2.75) is 45.1 Å². The fourth-order valence-electron chi connectivity index (χ4n) is 2.91. The van der Waals surface area contributed by atoms with Crippen LogP contribution >= 0.6 is 24.0 Å². The average molecular weight is 416 g/mol. The first-order valence-electron chi connectivity index (χ1n) is 8.05. The number of likely N-dealkylation sites (N-methyl/N-ethyl adjacent to an activating group) is 1. The Morgan fingerprint density at radius 1 is 1.36 bits per heavy atom. The monoisotopic (exact) mass is 416 g/mol. The highest BCUT2D eigenvalue weighted by atomic mass is 127. The number of guanidine groups is 1. The van der Waals surface area contributed by atoms with Gasteiger partial charge in [0.2, 0.25) is 0 Å². The lowest BCUT2D eigenvalue weighted by Gasteiger charge is -2.22. The van der Waals surface area contributed by atoms with E-state index in [1.54, 1.807) is 0 Å². The van der Waals surface area contributed by atoms with Gasteiger partial charge in [0.1, 0.15) is 0 Å². The number of nitrogens with two attached hydrogens (primary N) is 1. The van der Waals surface area contributed by atoms with Crippen molar-refractivity contribution in [1.29, 1.82) is 0 Å². The van der Waals surface area contributed by atoms with E-state index in [0.717, 1.165) is 31.2 Å². The smallest absolute Gasteiger partial charge is 0.193 e. The first kappa shape index (κ1) is 19.2. The zero-order valence-electron chi connectivity index (χ0n) is 13.7. The molecule has 1 saturated carbocycles. The highest BCUT2D eigenvalue weighted by Crippen LogP contribution is 2.21. The summed E-state index contributed by atoms with van der Waals surface area (Å²) in [6, 6.07) is 9.05. The molecule has 0 spiro atoms. The molecular formula is C17H29IN4. The largest absolute Gasteiger partial charge is 0.370 e. The van der Waals surface area contributed by atoms with Crippen LogP contribution in [0.25, 0.3) is 0 Å². The number of hydrogen-bond donors (Lipinski definition) is 2. The predicted octanol–water partition coefficient (Wildman–Crippen LogP) is 3.47. The van der Waals surface area contributed by atoms with Crippen LogP contribution in [-0.2, 0) is 6.42 Å². The Hall–Kier alpha value is -0.820. The highest BCUT2D eigenvalue weighted by molar-refractivity contribution is 14.0. The third kappa shape index (κ3) is 6.12. The Morgan fingerprint density at radius 3 is 2.77 bits per heavy atom. The fraction of sp³-hybridized carbons (Fsp3) is 0.588. The fourth-order valence-corrected chi connectivity index (χ4v) is 2.91. The zero-order valence-corrected chi connectivity index (χ0v) is 16.0. The van der Waals surface area contributed by atoms with Crippen LogP contribution in [0.2, 0.25) is 0 Å². The molecule has 4 nitrogen and oxygen atoms in total. The lowest BCUT2D eigenvalue weighted by Crippen LogP contribution is -2.32. The van der Waals surface area contributed by atoms with Crippen molar-refractivity contribution >= 4 is 35.6 Å². The van der Waals surface area contributed by atoms with E-state index in [4.69, 9.17) is 5.73 Å². The van der Waals surface area contributed by atoms with Crippen LogP contribution in [0.15, 0.2) is 29.3 Å². The summed E-state index contributed by atoms with van der Waals surface area (Å²) in [6.45, 7) is 3.87. The number of benzene rings is 1. The molecule has 0 aromatic heterocycles. The number of halogens is 1. The SMILES string of the molecule is CCc1cccc(NC(N)=NCCN(C)C2CCCC2)c1.I. The summed E-state index contributed by atoms with van der Waals surface area (Å²) in [6.07, 6.45) is 6.43. The molecule has 0 radical (unpaired) electrons. The summed E-state index contributed by atoms with van der Waals surface area (Å²) in [5.41, 5.74) is 8.27. The molecule has 5 heteroatoms. The van der Waals surface area contributed by atoms with Crippen LogP contribution in [-0.4, -0.2) is 37.0 Å². The second-order valence-electron chi connectivity index (χ2n) is 5.86. The van der Waals surface area contributed by atoms with Crippen molar-refractivity contribution in [2.24, 2.45) is 10.7 Å². The number of nitrogens with one attached hydrogen (secondary N) is 1. The minimum atomic E-state index is 0. The van der Waals surface area contributed by atoms with E-state index in [9.17, 15) is 0 Å². The van der Waals surface area contributed by atoms with Crippen LogP contribution < -0.4 is 11.1 Å². The standard InChI is InChI=1S/C17H28N4.HI/c1-3-14-7-6-8-15(13-14)20-17(18)19-11-12-21(2)16-9-4-5-10-16;/h6-8,13,16H,3-5,9-12H2,1-2H3,(H3,18,19,20);1H. The number of anilines is 1. The predicted molar refractivity (Wildman–Crippen MR) is 106 cm³/mol. The van der Waals surface area contributed by atoms with Crippen LogP contribution in [0, 0.1) is 0 Å². The van der Waals surface area contributed by atoms with Gasteiger partial charge in [-0.25, -0.2) is 0 Å². The van der Waals surface area contributed by atoms with Gasteiger partial charge in [0.05, 0.1) is 6.54 Å². The second kappa shape index (κ2) is 10.0. The Kier molecular flexibility index (Phi) is 8.78. The van der Waals surface area contributed by atoms with E-state index in [-0.39, 0.29) is 24.0 Å². The molecule has 0 bridgehead atoms. The van der Waals surface area contributed by atoms with Crippen molar-refractivity contribution < 1.29 is 0 Å². The zero-order chi connectivity index (χ0) is 15.1.